The molecule has 0 bridgehead atoms. The van der Waals surface area contributed by atoms with Crippen molar-refractivity contribution in [2.24, 2.45) is 0 Å². The van der Waals surface area contributed by atoms with Gasteiger partial charge in [0.1, 0.15) is 6.29 Å². The molecule has 120 valence electrons. The first-order chi connectivity index (χ1) is 11.1. The number of hydrogen-bond donors (Lipinski definition) is 1. The van der Waals surface area contributed by atoms with Crippen LogP contribution in [0, 0.1) is 0 Å². The molecule has 2 aromatic rings. The molecular weight excluding hydrogens is 375 g/mol. The van der Waals surface area contributed by atoms with Crippen LogP contribution in [0.5, 0.6) is 0 Å². The molecule has 0 saturated carbocycles. The van der Waals surface area contributed by atoms with Crippen molar-refractivity contribution in [1.82, 2.24) is 5.09 Å². The second kappa shape index (κ2) is 7.00. The van der Waals surface area contributed by atoms with E-state index in [-0.39, 0.29) is 12.1 Å². The van der Waals surface area contributed by atoms with Gasteiger partial charge in [0.2, 0.25) is 7.44 Å². The number of hydrogen-bond acceptors (Lipinski definition) is 2. The molecule has 23 heavy (non-hydrogen) atoms. The van der Waals surface area contributed by atoms with Crippen LogP contribution in [0.4, 0.5) is 5.69 Å². The van der Waals surface area contributed by atoms with Crippen LogP contribution in [0.25, 0.3) is 0 Å². The highest BCUT2D eigenvalue weighted by atomic mass is 79.9. The average Bonchev–Trinajstić information content (AvgIpc) is 2.97. The third kappa shape index (κ3) is 3.27. The maximum absolute atomic E-state index is 13.8. The number of nitrogens with zero attached hydrogens (tertiary/aromatic N) is 1. The monoisotopic (exact) mass is 392 g/mol. The summed E-state index contributed by atoms with van der Waals surface area (Å²) in [6.45, 7) is 1.32. The third-order valence-electron chi connectivity index (χ3n) is 4.07. The Balaban J connectivity index is 2.01. The molecule has 1 aliphatic rings. The van der Waals surface area contributed by atoms with Crippen molar-refractivity contribution >= 4 is 35.3 Å². The molecule has 0 aromatic heterocycles. The predicted octanol–water partition coefficient (Wildman–Crippen LogP) is 4.38. The SMILES string of the molecule is O=CCC(c1ccc(Br)cc1)P1(=O)NCCN1c1ccccc1. The first-order valence-electron chi connectivity index (χ1n) is 7.52. The Labute approximate surface area is 144 Å². The highest BCUT2D eigenvalue weighted by Crippen LogP contribution is 2.62. The van der Waals surface area contributed by atoms with Crippen molar-refractivity contribution in [3.63, 3.8) is 0 Å². The van der Waals surface area contributed by atoms with E-state index in [1.54, 1.807) is 0 Å². The van der Waals surface area contributed by atoms with Crippen molar-refractivity contribution < 1.29 is 9.36 Å². The number of aldehydes is 1. The quantitative estimate of drug-likeness (QED) is 0.605. The molecule has 4 nitrogen and oxygen atoms in total. The fourth-order valence-corrected chi connectivity index (χ4v) is 6.22. The van der Waals surface area contributed by atoms with Gasteiger partial charge in [-0.05, 0) is 29.8 Å². The average molecular weight is 393 g/mol. The summed E-state index contributed by atoms with van der Waals surface area (Å²) in [6.07, 6.45) is 1.09. The predicted molar refractivity (Wildman–Crippen MR) is 97.0 cm³/mol. The first kappa shape index (κ1) is 16.4. The van der Waals surface area contributed by atoms with Crippen LogP contribution in [0.15, 0.2) is 59.1 Å². The number of benzene rings is 2. The molecule has 0 radical (unpaired) electrons. The second-order valence-electron chi connectivity index (χ2n) is 5.46. The van der Waals surface area contributed by atoms with Gasteiger partial charge in [-0.25, -0.2) is 5.09 Å². The van der Waals surface area contributed by atoms with Crippen molar-refractivity contribution in [2.45, 2.75) is 12.1 Å². The van der Waals surface area contributed by atoms with E-state index in [1.165, 1.54) is 0 Å². The molecule has 1 fully saturated rings. The molecule has 2 unspecified atom stereocenters. The Bertz CT molecular complexity index is 721. The summed E-state index contributed by atoms with van der Waals surface area (Å²) in [6, 6.07) is 17.4. The third-order valence-corrected chi connectivity index (χ3v) is 7.78. The van der Waals surface area contributed by atoms with Crippen LogP contribution in [0.3, 0.4) is 0 Å². The molecule has 6 heteroatoms. The van der Waals surface area contributed by atoms with E-state index in [9.17, 15) is 9.36 Å². The number of rotatable bonds is 5. The Hall–Kier alpha value is -1.42. The molecular formula is C17H18BrN2O2P. The molecule has 2 aromatic carbocycles. The highest BCUT2D eigenvalue weighted by molar-refractivity contribution is 9.10. The minimum absolute atomic E-state index is 0.231. The summed E-state index contributed by atoms with van der Waals surface area (Å²) in [4.78, 5) is 11.2. The number of carbonyl (C=O) groups is 1. The lowest BCUT2D eigenvalue weighted by molar-refractivity contribution is -0.107. The van der Waals surface area contributed by atoms with Gasteiger partial charge in [0.05, 0.1) is 5.66 Å². The fraction of sp³-hybridized carbons (Fsp3) is 0.235. The largest absolute Gasteiger partial charge is 0.309 e. The van der Waals surface area contributed by atoms with Crippen molar-refractivity contribution in [3.05, 3.63) is 64.6 Å². The van der Waals surface area contributed by atoms with Crippen LogP contribution >= 0.6 is 23.4 Å². The van der Waals surface area contributed by atoms with Gasteiger partial charge in [-0.15, -0.1) is 0 Å². The minimum atomic E-state index is -2.93. The van der Waals surface area contributed by atoms with E-state index < -0.39 is 7.44 Å². The Morgan fingerprint density at radius 2 is 1.87 bits per heavy atom. The van der Waals surface area contributed by atoms with Gasteiger partial charge >= 0.3 is 0 Å². The number of para-hydroxylation sites is 1. The van der Waals surface area contributed by atoms with Gasteiger partial charge in [-0.1, -0.05) is 46.3 Å². The zero-order valence-electron chi connectivity index (χ0n) is 12.6. The summed E-state index contributed by atoms with van der Waals surface area (Å²) < 4.78 is 16.7. The zero-order chi connectivity index (χ0) is 16.3. The normalized spacial score (nSPS) is 22.0. The first-order valence-corrected chi connectivity index (χ1v) is 10.0. The molecule has 3 rings (SSSR count). The van der Waals surface area contributed by atoms with Crippen LogP contribution < -0.4 is 9.76 Å². The lowest BCUT2D eigenvalue weighted by atomic mass is 10.1. The number of anilines is 1. The standard InChI is InChI=1S/C17H18BrN2O2P/c18-15-8-6-14(7-9-15)17(10-13-21)23(22)19-11-12-20(23)16-4-2-1-3-5-16/h1-9,13,17H,10-12H2,(H,19,22). The van der Waals surface area contributed by atoms with Gasteiger partial charge in [0.25, 0.3) is 0 Å². The lowest BCUT2D eigenvalue weighted by Gasteiger charge is -2.32. The summed E-state index contributed by atoms with van der Waals surface area (Å²) in [5.74, 6) is 0. The van der Waals surface area contributed by atoms with Gasteiger partial charge in [0.15, 0.2) is 0 Å². The van der Waals surface area contributed by atoms with E-state index in [0.29, 0.717) is 13.1 Å². The lowest BCUT2D eigenvalue weighted by Crippen LogP contribution is -2.21. The van der Waals surface area contributed by atoms with Gasteiger partial charge in [-0.2, -0.15) is 0 Å². The van der Waals surface area contributed by atoms with Crippen molar-refractivity contribution in [3.8, 4) is 0 Å². The van der Waals surface area contributed by atoms with E-state index >= 15 is 0 Å². The van der Waals surface area contributed by atoms with Crippen LogP contribution in [0.1, 0.15) is 17.6 Å². The molecule has 0 aliphatic carbocycles. The van der Waals surface area contributed by atoms with Crippen LogP contribution in [0.2, 0.25) is 0 Å². The summed E-state index contributed by atoms with van der Waals surface area (Å²) in [7, 11) is -2.93. The van der Waals surface area contributed by atoms with E-state index in [0.717, 1.165) is 22.0 Å². The summed E-state index contributed by atoms with van der Waals surface area (Å²) in [5.41, 5.74) is 1.49. The van der Waals surface area contributed by atoms with E-state index in [2.05, 4.69) is 21.0 Å². The van der Waals surface area contributed by atoms with E-state index in [4.69, 9.17) is 0 Å². The molecule has 1 N–H and O–H groups in total. The number of halogens is 1. The Kier molecular flexibility index (Phi) is 5.00. The highest BCUT2D eigenvalue weighted by Gasteiger charge is 2.43. The van der Waals surface area contributed by atoms with Gasteiger partial charge in [-0.3, -0.25) is 4.57 Å². The molecule has 1 saturated heterocycles. The van der Waals surface area contributed by atoms with Crippen molar-refractivity contribution in [2.75, 3.05) is 17.8 Å². The molecule has 2 atom stereocenters. The van der Waals surface area contributed by atoms with Gasteiger partial charge < -0.3 is 9.46 Å². The Morgan fingerprint density at radius 1 is 1.17 bits per heavy atom. The minimum Gasteiger partial charge on any atom is -0.309 e. The summed E-state index contributed by atoms with van der Waals surface area (Å²) in [5, 5.41) is 3.19. The maximum atomic E-state index is 13.8. The van der Waals surface area contributed by atoms with Crippen LogP contribution in [-0.2, 0) is 9.36 Å². The van der Waals surface area contributed by atoms with Crippen molar-refractivity contribution in [1.29, 1.82) is 0 Å². The molecule has 0 spiro atoms. The van der Waals surface area contributed by atoms with Crippen LogP contribution in [-0.4, -0.2) is 19.4 Å². The maximum Gasteiger partial charge on any atom is 0.244 e. The molecule has 0 amide bonds. The zero-order valence-corrected chi connectivity index (χ0v) is 15.0. The Morgan fingerprint density at radius 3 is 2.52 bits per heavy atom. The second-order valence-corrected chi connectivity index (χ2v) is 9.04. The molecule has 1 heterocycles. The molecule has 1 aliphatic heterocycles. The summed E-state index contributed by atoms with van der Waals surface area (Å²) >= 11 is 3.41. The number of nitrogens with one attached hydrogen (secondary N) is 1. The van der Waals surface area contributed by atoms with Gasteiger partial charge in [0, 0.05) is 29.7 Å². The fourth-order valence-electron chi connectivity index (χ4n) is 2.99. The smallest absolute Gasteiger partial charge is 0.244 e. The topological polar surface area (TPSA) is 49.4 Å². The van der Waals surface area contributed by atoms with E-state index in [1.807, 2.05) is 59.3 Å². The number of carbonyl (C=O) groups excluding carboxylic acids is 1.